The van der Waals surface area contributed by atoms with Crippen LogP contribution in [0.15, 0.2) is 127 Å². The lowest BCUT2D eigenvalue weighted by Gasteiger charge is -2.09. The van der Waals surface area contributed by atoms with E-state index in [9.17, 15) is 27.6 Å². The lowest BCUT2D eigenvalue weighted by atomic mass is 10.1. The highest BCUT2D eigenvalue weighted by Crippen LogP contribution is 2.30. The molecular weight excluding hydrogens is 589 g/mol. The van der Waals surface area contributed by atoms with Crippen LogP contribution in [0.5, 0.6) is 23.0 Å². The van der Waals surface area contributed by atoms with Crippen LogP contribution >= 0.6 is 0 Å². The van der Waals surface area contributed by atoms with Crippen LogP contribution in [-0.2, 0) is 12.8 Å². The summed E-state index contributed by atoms with van der Waals surface area (Å²) in [5.74, 6) is -1.32. The fraction of sp³-hybridized carbons (Fsp3) is 0.0571. The zero-order valence-electron chi connectivity index (χ0n) is 23.3. The van der Waals surface area contributed by atoms with E-state index in [-0.39, 0.29) is 33.9 Å². The summed E-state index contributed by atoms with van der Waals surface area (Å²) < 4.78 is 59.8. The van der Waals surface area contributed by atoms with Crippen molar-refractivity contribution >= 4 is 17.9 Å². The van der Waals surface area contributed by atoms with E-state index < -0.39 is 29.6 Å². The Balaban J connectivity index is 1.14. The first-order valence-electron chi connectivity index (χ1n) is 13.4. The molecule has 0 aliphatic rings. The molecule has 0 fully saturated rings. The minimum atomic E-state index is -4.51. The Labute approximate surface area is 255 Å². The third-order valence-electron chi connectivity index (χ3n) is 6.31. The van der Waals surface area contributed by atoms with Crippen molar-refractivity contribution in [3.63, 3.8) is 0 Å². The second kappa shape index (κ2) is 13.6. The molecule has 45 heavy (non-hydrogen) atoms. The number of alkyl halides is 3. The van der Waals surface area contributed by atoms with E-state index in [2.05, 4.69) is 0 Å². The average molecular weight is 613 g/mol. The number of hydrogen-bond donors (Lipinski definition) is 0. The van der Waals surface area contributed by atoms with E-state index in [1.54, 1.807) is 24.3 Å². The molecule has 0 saturated carbocycles. The molecule has 0 unspecified atom stereocenters. The second-order valence-corrected chi connectivity index (χ2v) is 9.54. The Morgan fingerprint density at radius 3 is 1.44 bits per heavy atom. The maximum atomic E-state index is 12.7. The molecule has 0 aromatic heterocycles. The number of carbonyl (C=O) groups excluding carboxylic acids is 3. The molecule has 0 amide bonds. The van der Waals surface area contributed by atoms with Crippen molar-refractivity contribution in [1.82, 2.24) is 0 Å². The van der Waals surface area contributed by atoms with Gasteiger partial charge >= 0.3 is 24.1 Å². The van der Waals surface area contributed by atoms with E-state index in [1.165, 1.54) is 48.5 Å². The Morgan fingerprint density at radius 1 is 0.489 bits per heavy atom. The van der Waals surface area contributed by atoms with Crippen molar-refractivity contribution in [3.8, 4) is 23.0 Å². The third-order valence-corrected chi connectivity index (χ3v) is 6.31. The lowest BCUT2D eigenvalue weighted by Crippen LogP contribution is -2.13. The molecule has 0 saturated heterocycles. The Hall–Kier alpha value is -5.90. The van der Waals surface area contributed by atoms with Gasteiger partial charge in [0, 0.05) is 0 Å². The topological polar surface area (TPSA) is 88.1 Å². The first-order chi connectivity index (χ1) is 21.6. The SMILES string of the molecule is O=C(Oc1ccc(C(F)(F)F)cc1)c1ccc(OC(=O)c2cccc(C(=O)Oc3ccc(OCc4ccccc4)cc3)c2)cc1. The van der Waals surface area contributed by atoms with Gasteiger partial charge in [0.15, 0.2) is 0 Å². The van der Waals surface area contributed by atoms with Gasteiger partial charge in [0.2, 0.25) is 0 Å². The summed E-state index contributed by atoms with van der Waals surface area (Å²) in [4.78, 5) is 37.9. The molecule has 5 rings (SSSR count). The maximum Gasteiger partial charge on any atom is 0.416 e. The molecule has 5 aromatic rings. The number of carbonyl (C=O) groups is 3. The number of benzene rings is 5. The van der Waals surface area contributed by atoms with Crippen molar-refractivity contribution in [1.29, 1.82) is 0 Å². The van der Waals surface area contributed by atoms with Crippen LogP contribution < -0.4 is 18.9 Å². The van der Waals surface area contributed by atoms with Gasteiger partial charge < -0.3 is 18.9 Å². The average Bonchev–Trinajstić information content (AvgIpc) is 3.05. The summed E-state index contributed by atoms with van der Waals surface area (Å²) in [5, 5.41) is 0. The van der Waals surface area contributed by atoms with Crippen molar-refractivity contribution in [2.24, 2.45) is 0 Å². The highest BCUT2D eigenvalue weighted by molar-refractivity contribution is 5.97. The molecule has 0 aliphatic heterocycles. The first kappa shape index (κ1) is 30.6. The summed E-state index contributed by atoms with van der Waals surface area (Å²) in [6.45, 7) is 0.394. The molecule has 0 bridgehead atoms. The number of rotatable bonds is 9. The molecule has 5 aromatic carbocycles. The molecule has 10 heteroatoms. The van der Waals surface area contributed by atoms with Gasteiger partial charge in [-0.25, -0.2) is 14.4 Å². The molecule has 0 atom stereocenters. The predicted octanol–water partition coefficient (Wildman–Crippen LogP) is 7.94. The second-order valence-electron chi connectivity index (χ2n) is 9.54. The zero-order valence-corrected chi connectivity index (χ0v) is 23.3. The summed E-state index contributed by atoms with van der Waals surface area (Å²) in [5.41, 5.74) is 0.430. The Bertz CT molecular complexity index is 1780. The smallest absolute Gasteiger partial charge is 0.416 e. The molecular formula is C35H23F3O7. The van der Waals surface area contributed by atoms with Gasteiger partial charge in [-0.3, -0.25) is 0 Å². The monoisotopic (exact) mass is 612 g/mol. The normalized spacial score (nSPS) is 10.9. The number of ether oxygens (including phenoxy) is 4. The maximum absolute atomic E-state index is 12.7. The van der Waals surface area contributed by atoms with Gasteiger partial charge in [-0.15, -0.1) is 0 Å². The van der Waals surface area contributed by atoms with Crippen molar-refractivity contribution in [3.05, 3.63) is 155 Å². The minimum Gasteiger partial charge on any atom is -0.489 e. The summed E-state index contributed by atoms with van der Waals surface area (Å²) >= 11 is 0. The van der Waals surface area contributed by atoms with Gasteiger partial charge in [-0.1, -0.05) is 36.4 Å². The van der Waals surface area contributed by atoms with Crippen LogP contribution in [0.25, 0.3) is 0 Å². The van der Waals surface area contributed by atoms with Crippen molar-refractivity contribution in [2.45, 2.75) is 12.8 Å². The van der Waals surface area contributed by atoms with E-state index in [1.807, 2.05) is 30.3 Å². The van der Waals surface area contributed by atoms with Crippen LogP contribution in [0.2, 0.25) is 0 Å². The first-order valence-corrected chi connectivity index (χ1v) is 13.4. The van der Waals surface area contributed by atoms with Crippen LogP contribution in [0, 0.1) is 0 Å². The number of esters is 3. The van der Waals surface area contributed by atoms with Crippen LogP contribution in [-0.4, -0.2) is 17.9 Å². The molecule has 226 valence electrons. The molecule has 0 heterocycles. The fourth-order valence-electron chi connectivity index (χ4n) is 3.99. The van der Waals surface area contributed by atoms with E-state index in [4.69, 9.17) is 18.9 Å². The zero-order chi connectivity index (χ0) is 31.8. The Kier molecular flexibility index (Phi) is 9.23. The van der Waals surface area contributed by atoms with Gasteiger partial charge in [-0.05, 0) is 96.6 Å². The van der Waals surface area contributed by atoms with Gasteiger partial charge in [0.1, 0.15) is 29.6 Å². The van der Waals surface area contributed by atoms with Crippen molar-refractivity contribution < 1.29 is 46.5 Å². The number of hydrogen-bond acceptors (Lipinski definition) is 7. The molecule has 0 spiro atoms. The van der Waals surface area contributed by atoms with Crippen LogP contribution in [0.1, 0.15) is 42.2 Å². The summed E-state index contributed by atoms with van der Waals surface area (Å²) in [7, 11) is 0. The lowest BCUT2D eigenvalue weighted by molar-refractivity contribution is -0.137. The van der Waals surface area contributed by atoms with Crippen LogP contribution in [0.4, 0.5) is 13.2 Å². The summed E-state index contributed by atoms with van der Waals surface area (Å²) in [6, 6.07) is 31.1. The Morgan fingerprint density at radius 2 is 0.933 bits per heavy atom. The van der Waals surface area contributed by atoms with E-state index in [0.717, 1.165) is 29.8 Å². The van der Waals surface area contributed by atoms with Gasteiger partial charge in [0.05, 0.1) is 22.3 Å². The number of halogens is 3. The van der Waals surface area contributed by atoms with Gasteiger partial charge in [0.25, 0.3) is 0 Å². The minimum absolute atomic E-state index is 0.0632. The highest BCUT2D eigenvalue weighted by Gasteiger charge is 2.30. The molecule has 7 nitrogen and oxygen atoms in total. The molecule has 0 radical (unpaired) electrons. The largest absolute Gasteiger partial charge is 0.489 e. The predicted molar refractivity (Wildman–Crippen MR) is 156 cm³/mol. The van der Waals surface area contributed by atoms with E-state index in [0.29, 0.717) is 12.4 Å². The third kappa shape index (κ3) is 8.35. The van der Waals surface area contributed by atoms with Crippen molar-refractivity contribution in [2.75, 3.05) is 0 Å². The summed E-state index contributed by atoms with van der Waals surface area (Å²) in [6.07, 6.45) is -4.51. The standard InChI is InChI=1S/C35H23F3O7/c36-35(37,38)27-11-15-30(16-12-27)43-32(39)24-9-13-29(14-10-24)44-33(40)25-7-4-8-26(21-25)34(41)45-31-19-17-28(18-20-31)42-22-23-5-2-1-3-6-23/h1-21H,22H2. The molecule has 0 aliphatic carbocycles. The quantitative estimate of drug-likeness (QED) is 0.123. The highest BCUT2D eigenvalue weighted by atomic mass is 19.4. The molecule has 0 N–H and O–H groups in total. The van der Waals surface area contributed by atoms with Crippen LogP contribution in [0.3, 0.4) is 0 Å². The van der Waals surface area contributed by atoms with Gasteiger partial charge in [-0.2, -0.15) is 13.2 Å². The van der Waals surface area contributed by atoms with E-state index >= 15 is 0 Å². The fourth-order valence-corrected chi connectivity index (χ4v) is 3.99.